The Hall–Kier alpha value is -7.63. The van der Waals surface area contributed by atoms with Crippen LogP contribution < -0.4 is 0 Å². The van der Waals surface area contributed by atoms with E-state index in [-0.39, 0.29) is 0 Å². The van der Waals surface area contributed by atoms with E-state index < -0.39 is 0 Å². The zero-order chi connectivity index (χ0) is 37.0. The molecule has 5 nitrogen and oxygen atoms in total. The summed E-state index contributed by atoms with van der Waals surface area (Å²) in [6, 6.07) is 61.2. The molecule has 0 aliphatic heterocycles. The van der Waals surface area contributed by atoms with Crippen molar-refractivity contribution in [3.8, 4) is 67.0 Å². The normalized spacial score (nSPS) is 11.6. The second-order valence-corrected chi connectivity index (χ2v) is 14.1. The van der Waals surface area contributed by atoms with Crippen molar-refractivity contribution in [2.24, 2.45) is 0 Å². The maximum absolute atomic E-state index is 6.02. The summed E-state index contributed by atoms with van der Waals surface area (Å²) in [6.07, 6.45) is 3.62. The van der Waals surface area contributed by atoms with E-state index in [0.717, 1.165) is 111 Å². The Labute approximate surface area is 322 Å². The highest BCUT2D eigenvalue weighted by molar-refractivity contribution is 6.05. The lowest BCUT2D eigenvalue weighted by molar-refractivity contribution is 0.668. The molecule has 0 amide bonds. The van der Waals surface area contributed by atoms with Gasteiger partial charge in [0, 0.05) is 34.3 Å². The van der Waals surface area contributed by atoms with Crippen LogP contribution in [0.15, 0.2) is 197 Å². The molecule has 0 saturated heterocycles. The van der Waals surface area contributed by atoms with Gasteiger partial charge in [-0.3, -0.25) is 9.97 Å². The van der Waals surface area contributed by atoms with Crippen molar-refractivity contribution < 1.29 is 8.83 Å². The summed E-state index contributed by atoms with van der Waals surface area (Å²) in [6.45, 7) is 0. The fraction of sp³-hybridized carbons (Fsp3) is 0. The molecule has 0 spiro atoms. The molecule has 5 heterocycles. The number of nitrogens with zero attached hydrogens (tertiary/aromatic N) is 3. The smallest absolute Gasteiger partial charge is 0.153 e. The van der Waals surface area contributed by atoms with Crippen LogP contribution in [0, 0.1) is 0 Å². The SMILES string of the molecule is c1cc(-c2cccc(-c3cccc(-c4cccc(-c5cccc(-c6ccc7oc8cccnc8c7c6)c5)c4)n3)c2)cc(-c2ccc3oc4cccnc4c3c2)c1. The van der Waals surface area contributed by atoms with Crippen LogP contribution in [-0.4, -0.2) is 15.0 Å². The highest BCUT2D eigenvalue weighted by Crippen LogP contribution is 2.36. The highest BCUT2D eigenvalue weighted by Gasteiger charge is 2.13. The molecule has 262 valence electrons. The number of fused-ring (bicyclic) bond motifs is 6. The van der Waals surface area contributed by atoms with Crippen molar-refractivity contribution in [3.63, 3.8) is 0 Å². The predicted molar refractivity (Wildman–Crippen MR) is 227 cm³/mol. The summed E-state index contributed by atoms with van der Waals surface area (Å²) in [5.41, 5.74) is 18.1. The zero-order valence-electron chi connectivity index (χ0n) is 30.1. The van der Waals surface area contributed by atoms with Gasteiger partial charge in [-0.1, -0.05) is 91.0 Å². The molecule has 11 aromatic rings. The maximum Gasteiger partial charge on any atom is 0.153 e. The molecule has 0 saturated carbocycles. The molecule has 6 aromatic carbocycles. The molecular weight excluding hydrogens is 687 g/mol. The molecule has 0 fully saturated rings. The number of hydrogen-bond acceptors (Lipinski definition) is 5. The van der Waals surface area contributed by atoms with E-state index in [0.29, 0.717) is 0 Å². The zero-order valence-corrected chi connectivity index (χ0v) is 30.1. The van der Waals surface area contributed by atoms with Gasteiger partial charge in [0.15, 0.2) is 11.2 Å². The lowest BCUT2D eigenvalue weighted by Gasteiger charge is -2.11. The minimum absolute atomic E-state index is 0.800. The topological polar surface area (TPSA) is 65.0 Å². The first kappa shape index (κ1) is 31.9. The predicted octanol–water partition coefficient (Wildman–Crippen LogP) is 13.7. The van der Waals surface area contributed by atoms with E-state index in [4.69, 9.17) is 13.8 Å². The average Bonchev–Trinajstić information content (AvgIpc) is 3.84. The van der Waals surface area contributed by atoms with Crippen molar-refractivity contribution in [2.75, 3.05) is 0 Å². The van der Waals surface area contributed by atoms with Gasteiger partial charge in [0.2, 0.25) is 0 Å². The van der Waals surface area contributed by atoms with Gasteiger partial charge < -0.3 is 8.83 Å². The molecule has 5 heteroatoms. The molecule has 0 aliphatic rings. The maximum atomic E-state index is 6.02. The Kier molecular flexibility index (Phi) is 7.42. The summed E-state index contributed by atoms with van der Waals surface area (Å²) in [5, 5.41) is 2.04. The monoisotopic (exact) mass is 717 g/mol. The van der Waals surface area contributed by atoms with Crippen LogP contribution in [0.25, 0.3) is 111 Å². The van der Waals surface area contributed by atoms with Crippen molar-refractivity contribution in [1.29, 1.82) is 0 Å². The molecule has 0 unspecified atom stereocenters. The lowest BCUT2D eigenvalue weighted by atomic mass is 9.96. The van der Waals surface area contributed by atoms with Crippen LogP contribution in [-0.2, 0) is 0 Å². The average molecular weight is 718 g/mol. The highest BCUT2D eigenvalue weighted by atomic mass is 16.3. The van der Waals surface area contributed by atoms with E-state index in [1.54, 1.807) is 0 Å². The molecule has 0 aliphatic carbocycles. The molecule has 0 atom stereocenters. The van der Waals surface area contributed by atoms with Gasteiger partial charge in [0.05, 0.1) is 11.4 Å². The second-order valence-electron chi connectivity index (χ2n) is 14.1. The Bertz CT molecular complexity index is 3070. The molecule has 0 bridgehead atoms. The summed E-state index contributed by atoms with van der Waals surface area (Å²) in [7, 11) is 0. The van der Waals surface area contributed by atoms with Crippen LogP contribution in [0.3, 0.4) is 0 Å². The third-order valence-corrected chi connectivity index (χ3v) is 10.6. The van der Waals surface area contributed by atoms with Crippen LogP contribution in [0.2, 0.25) is 0 Å². The van der Waals surface area contributed by atoms with Gasteiger partial charge >= 0.3 is 0 Å². The number of benzene rings is 6. The molecular formula is C51H31N3O2. The van der Waals surface area contributed by atoms with Gasteiger partial charge in [-0.05, 0) is 129 Å². The largest absolute Gasteiger partial charge is 0.454 e. The van der Waals surface area contributed by atoms with Crippen LogP contribution >= 0.6 is 0 Å². The Morgan fingerprint density at radius 3 is 1.07 bits per heavy atom. The second kappa shape index (κ2) is 13.0. The lowest BCUT2D eigenvalue weighted by Crippen LogP contribution is -1.90. The van der Waals surface area contributed by atoms with Gasteiger partial charge in [-0.2, -0.15) is 0 Å². The van der Waals surface area contributed by atoms with E-state index in [2.05, 4.69) is 149 Å². The quantitative estimate of drug-likeness (QED) is 0.171. The Balaban J connectivity index is 0.886. The first-order chi connectivity index (χ1) is 27.7. The third kappa shape index (κ3) is 5.62. The molecule has 11 rings (SSSR count). The van der Waals surface area contributed by atoms with Crippen LogP contribution in [0.5, 0.6) is 0 Å². The van der Waals surface area contributed by atoms with Crippen molar-refractivity contribution in [2.45, 2.75) is 0 Å². The molecule has 0 N–H and O–H groups in total. The first-order valence-electron chi connectivity index (χ1n) is 18.6. The molecule has 0 radical (unpaired) electrons. The van der Waals surface area contributed by atoms with Crippen LogP contribution in [0.4, 0.5) is 0 Å². The van der Waals surface area contributed by atoms with E-state index in [1.165, 1.54) is 0 Å². The number of aromatic nitrogens is 3. The van der Waals surface area contributed by atoms with Gasteiger partial charge in [-0.25, -0.2) is 4.98 Å². The van der Waals surface area contributed by atoms with Gasteiger partial charge in [0.1, 0.15) is 22.2 Å². The van der Waals surface area contributed by atoms with Crippen molar-refractivity contribution in [3.05, 3.63) is 188 Å². The number of furan rings is 2. The fourth-order valence-electron chi connectivity index (χ4n) is 7.78. The van der Waals surface area contributed by atoms with Crippen molar-refractivity contribution >= 4 is 44.1 Å². The number of pyridine rings is 3. The van der Waals surface area contributed by atoms with E-state index >= 15 is 0 Å². The van der Waals surface area contributed by atoms with Crippen LogP contribution in [0.1, 0.15) is 0 Å². The summed E-state index contributed by atoms with van der Waals surface area (Å²) < 4.78 is 12.0. The summed E-state index contributed by atoms with van der Waals surface area (Å²) in [5.74, 6) is 0. The molecule has 5 aromatic heterocycles. The minimum Gasteiger partial charge on any atom is -0.454 e. The first-order valence-corrected chi connectivity index (χ1v) is 18.6. The number of rotatable bonds is 6. The molecule has 56 heavy (non-hydrogen) atoms. The standard InChI is InChI=1S/C51H31N3O2/c1-8-32(26-34(10-1)38-20-22-46-42(30-38)50-48(55-46)18-6-24-52-50)36-12-3-14-40(28-36)44-16-5-17-45(54-44)41-15-4-13-37(29-41)33-9-2-11-35(27-33)39-21-23-47-43(31-39)51-49(56-47)19-7-25-53-51/h1-31H. The summed E-state index contributed by atoms with van der Waals surface area (Å²) in [4.78, 5) is 14.3. The fourth-order valence-corrected chi connectivity index (χ4v) is 7.78. The van der Waals surface area contributed by atoms with Crippen molar-refractivity contribution in [1.82, 2.24) is 15.0 Å². The minimum atomic E-state index is 0.800. The summed E-state index contributed by atoms with van der Waals surface area (Å²) >= 11 is 0. The van der Waals surface area contributed by atoms with E-state index in [9.17, 15) is 0 Å². The van der Waals surface area contributed by atoms with E-state index in [1.807, 2.05) is 48.8 Å². The van der Waals surface area contributed by atoms with Gasteiger partial charge in [-0.15, -0.1) is 0 Å². The van der Waals surface area contributed by atoms with Gasteiger partial charge in [0.25, 0.3) is 0 Å². The Morgan fingerprint density at radius 1 is 0.286 bits per heavy atom. The third-order valence-electron chi connectivity index (χ3n) is 10.6. The number of hydrogen-bond donors (Lipinski definition) is 0. The Morgan fingerprint density at radius 2 is 0.643 bits per heavy atom.